The number of para-hydroxylation sites is 1. The zero-order valence-corrected chi connectivity index (χ0v) is 21.8. The minimum atomic E-state index is -1.81. The number of benzene rings is 5. The smallest absolute Gasteiger partial charge is 0.115 e. The lowest BCUT2D eigenvalue weighted by molar-refractivity contribution is 1.23. The average Bonchev–Trinajstić information content (AvgIpc) is 2.91. The summed E-state index contributed by atoms with van der Waals surface area (Å²) in [5, 5.41) is 3.05. The van der Waals surface area contributed by atoms with Gasteiger partial charge in [-0.15, -0.1) is 0 Å². The number of hydrogen-bond acceptors (Lipinski definition) is 2. The van der Waals surface area contributed by atoms with Crippen molar-refractivity contribution in [3.05, 3.63) is 127 Å². The van der Waals surface area contributed by atoms with Crippen molar-refractivity contribution >= 4 is 47.3 Å². The summed E-state index contributed by atoms with van der Waals surface area (Å²) in [5.74, 6) is 0. The fourth-order valence-corrected chi connectivity index (χ4v) is 10.6. The van der Waals surface area contributed by atoms with E-state index in [1.807, 2.05) is 11.8 Å². The topological polar surface area (TPSA) is 3.24 Å². The Morgan fingerprint density at radius 3 is 1.83 bits per heavy atom. The molecule has 0 amide bonds. The third-order valence-corrected chi connectivity index (χ3v) is 12.0. The molecule has 6 rings (SSSR count). The Balaban J connectivity index is 1.51. The molecule has 5 aromatic carbocycles. The molecule has 0 radical (unpaired) electrons. The van der Waals surface area contributed by atoms with Gasteiger partial charge in [0.15, 0.2) is 0 Å². The Kier molecular flexibility index (Phi) is 5.60. The Morgan fingerprint density at radius 1 is 0.514 bits per heavy atom. The summed E-state index contributed by atoms with van der Waals surface area (Å²) >= 11 is 1.92. The van der Waals surface area contributed by atoms with E-state index in [4.69, 9.17) is 0 Å². The number of nitrogens with zero attached hydrogens (tertiary/aromatic N) is 1. The van der Waals surface area contributed by atoms with Crippen LogP contribution in [0, 0.1) is 0 Å². The molecule has 5 aromatic rings. The van der Waals surface area contributed by atoms with E-state index in [-0.39, 0.29) is 0 Å². The van der Waals surface area contributed by atoms with Crippen molar-refractivity contribution in [3.63, 3.8) is 0 Å². The highest BCUT2D eigenvalue weighted by Gasteiger charge is 2.36. The summed E-state index contributed by atoms with van der Waals surface area (Å²) in [6.45, 7) is 4.96. The van der Waals surface area contributed by atoms with Crippen LogP contribution in [0.4, 0.5) is 17.1 Å². The first-order chi connectivity index (χ1) is 17.1. The van der Waals surface area contributed by atoms with Gasteiger partial charge in [0, 0.05) is 21.2 Å². The molecule has 0 saturated carbocycles. The van der Waals surface area contributed by atoms with Crippen LogP contribution in [0.1, 0.15) is 0 Å². The van der Waals surface area contributed by atoms with Gasteiger partial charge in [0.05, 0.1) is 5.69 Å². The van der Waals surface area contributed by atoms with Crippen molar-refractivity contribution in [1.82, 2.24) is 0 Å². The van der Waals surface area contributed by atoms with E-state index in [0.29, 0.717) is 0 Å². The van der Waals surface area contributed by atoms with Crippen LogP contribution < -0.4 is 15.3 Å². The summed E-state index contributed by atoms with van der Waals surface area (Å²) in [4.78, 5) is 5.20. The third-order valence-electron chi connectivity index (χ3n) is 6.93. The lowest BCUT2D eigenvalue weighted by Gasteiger charge is -2.36. The van der Waals surface area contributed by atoms with E-state index in [1.165, 1.54) is 48.4 Å². The quantitative estimate of drug-likeness (QED) is 0.237. The maximum Gasteiger partial charge on any atom is 0.115 e. The Morgan fingerprint density at radius 2 is 1.09 bits per heavy atom. The highest BCUT2D eigenvalue weighted by molar-refractivity contribution is 8.00. The molecule has 170 valence electrons. The molecule has 3 heteroatoms. The van der Waals surface area contributed by atoms with Crippen LogP contribution in [0.3, 0.4) is 0 Å². The average molecular weight is 486 g/mol. The second kappa shape index (κ2) is 8.92. The molecular weight excluding hydrogens is 459 g/mol. The number of rotatable bonds is 4. The maximum atomic E-state index is 2.48. The molecule has 35 heavy (non-hydrogen) atoms. The molecule has 0 spiro atoms. The molecule has 0 unspecified atom stereocenters. The molecule has 1 aliphatic rings. The molecular formula is C32H27NSSi. The molecule has 0 aliphatic carbocycles. The Labute approximate surface area is 213 Å². The molecule has 0 atom stereocenters. The minimum Gasteiger partial charge on any atom is -0.309 e. The van der Waals surface area contributed by atoms with Gasteiger partial charge in [0.2, 0.25) is 0 Å². The second-order valence-corrected chi connectivity index (χ2v) is 14.8. The van der Waals surface area contributed by atoms with Crippen LogP contribution in [0.2, 0.25) is 13.1 Å². The van der Waals surface area contributed by atoms with Crippen molar-refractivity contribution in [3.8, 4) is 11.1 Å². The van der Waals surface area contributed by atoms with Gasteiger partial charge in [-0.3, -0.25) is 0 Å². The predicted octanol–water partition coefficient (Wildman–Crippen LogP) is 8.11. The highest BCUT2D eigenvalue weighted by atomic mass is 32.2. The van der Waals surface area contributed by atoms with Crippen LogP contribution in [0.5, 0.6) is 0 Å². The van der Waals surface area contributed by atoms with Gasteiger partial charge in [0.25, 0.3) is 0 Å². The van der Waals surface area contributed by atoms with Gasteiger partial charge in [-0.25, -0.2) is 0 Å². The van der Waals surface area contributed by atoms with E-state index in [9.17, 15) is 0 Å². The summed E-state index contributed by atoms with van der Waals surface area (Å²) in [7, 11) is -1.81. The maximum absolute atomic E-state index is 2.48. The summed E-state index contributed by atoms with van der Waals surface area (Å²) in [5.41, 5.74) is 6.06. The number of fused-ring (bicyclic) bond motifs is 2. The highest BCUT2D eigenvalue weighted by Crippen LogP contribution is 2.44. The van der Waals surface area contributed by atoms with Gasteiger partial charge in [-0.1, -0.05) is 116 Å². The van der Waals surface area contributed by atoms with Crippen molar-refractivity contribution < 1.29 is 0 Å². The lowest BCUT2D eigenvalue weighted by Crippen LogP contribution is -2.56. The van der Waals surface area contributed by atoms with Crippen LogP contribution in [-0.4, -0.2) is 8.07 Å². The largest absolute Gasteiger partial charge is 0.309 e. The Hall–Kier alpha value is -3.53. The number of anilines is 3. The van der Waals surface area contributed by atoms with Gasteiger partial charge in [-0.05, 0) is 57.9 Å². The monoisotopic (exact) mass is 485 g/mol. The first kappa shape index (κ1) is 22.0. The Bertz CT molecular complexity index is 1480. The van der Waals surface area contributed by atoms with Gasteiger partial charge < -0.3 is 4.90 Å². The molecule has 0 bridgehead atoms. The summed E-state index contributed by atoms with van der Waals surface area (Å²) in [6.07, 6.45) is 0. The van der Waals surface area contributed by atoms with Crippen LogP contribution >= 0.6 is 11.8 Å². The van der Waals surface area contributed by atoms with Crippen LogP contribution in [0.15, 0.2) is 137 Å². The van der Waals surface area contributed by atoms with E-state index >= 15 is 0 Å². The van der Waals surface area contributed by atoms with Gasteiger partial charge >= 0.3 is 0 Å². The summed E-state index contributed by atoms with van der Waals surface area (Å²) in [6, 6.07) is 46.1. The van der Waals surface area contributed by atoms with Gasteiger partial charge in [-0.2, -0.15) is 0 Å². The van der Waals surface area contributed by atoms with Crippen LogP contribution in [-0.2, 0) is 0 Å². The fraction of sp³-hybridized carbons (Fsp3) is 0.0625. The second-order valence-electron chi connectivity index (χ2n) is 9.46. The van der Waals surface area contributed by atoms with Gasteiger partial charge in [0.1, 0.15) is 8.07 Å². The molecule has 1 nitrogen and oxygen atoms in total. The minimum absolute atomic E-state index is 1.17. The molecule has 0 saturated heterocycles. The first-order valence-corrected chi connectivity index (χ1v) is 15.9. The molecule has 0 aromatic heterocycles. The standard InChI is InChI=1S/C32H27NSSi/c1-35(2)30-18-10-9-17-29(30)34-32-28(16-11-19-31(32)35)33(26-14-7-4-8-15-26)27-22-20-25(21-23-27)24-12-5-3-6-13-24/h3-23H,1-2H3. The third kappa shape index (κ3) is 3.91. The molecule has 0 fully saturated rings. The van der Waals surface area contributed by atoms with Crippen LogP contribution in [0.25, 0.3) is 11.1 Å². The molecule has 1 aliphatic heterocycles. The number of hydrogen-bond donors (Lipinski definition) is 0. The molecule has 0 N–H and O–H groups in total. The zero-order valence-electron chi connectivity index (χ0n) is 20.0. The van der Waals surface area contributed by atoms with E-state index in [2.05, 4.69) is 145 Å². The fourth-order valence-electron chi connectivity index (χ4n) is 5.07. The zero-order chi connectivity index (χ0) is 23.8. The lowest BCUT2D eigenvalue weighted by atomic mass is 10.0. The first-order valence-electron chi connectivity index (χ1n) is 12.0. The van der Waals surface area contributed by atoms with Crippen molar-refractivity contribution in [2.75, 3.05) is 4.90 Å². The normalized spacial score (nSPS) is 13.5. The van der Waals surface area contributed by atoms with E-state index in [1.54, 1.807) is 0 Å². The van der Waals surface area contributed by atoms with Crippen molar-refractivity contribution in [2.45, 2.75) is 22.9 Å². The van der Waals surface area contributed by atoms with E-state index < -0.39 is 8.07 Å². The van der Waals surface area contributed by atoms with E-state index in [0.717, 1.165) is 0 Å². The SMILES string of the molecule is C[Si]1(C)c2ccccc2Sc2c(N(c3ccccc3)c3ccc(-c4ccccc4)cc3)cccc21. The summed E-state index contributed by atoms with van der Waals surface area (Å²) < 4.78 is 0. The predicted molar refractivity (Wildman–Crippen MR) is 154 cm³/mol. The van der Waals surface area contributed by atoms with Crippen molar-refractivity contribution in [2.24, 2.45) is 0 Å². The molecule has 1 heterocycles. The van der Waals surface area contributed by atoms with Crippen molar-refractivity contribution in [1.29, 1.82) is 0 Å².